The van der Waals surface area contributed by atoms with Crippen LogP contribution >= 0.6 is 0 Å². The van der Waals surface area contributed by atoms with Gasteiger partial charge in [-0.05, 0) is 108 Å². The number of fused-ring (bicyclic) bond motifs is 2. The van der Waals surface area contributed by atoms with E-state index in [1.54, 1.807) is 18.3 Å². The first-order chi connectivity index (χ1) is 15.2. The van der Waals surface area contributed by atoms with Crippen LogP contribution in [0.2, 0.25) is 0 Å². The molecule has 154 valence electrons. The van der Waals surface area contributed by atoms with Crippen LogP contribution in [-0.2, 0) is 25.7 Å². The van der Waals surface area contributed by atoms with Crippen LogP contribution in [0.25, 0.3) is 0 Å². The van der Waals surface area contributed by atoms with Crippen LogP contribution in [-0.4, -0.2) is 18.3 Å². The van der Waals surface area contributed by atoms with Gasteiger partial charge in [0.15, 0.2) is 0 Å². The number of amides is 1. The number of hydrogen-bond acceptors (Lipinski definition) is 3. The second kappa shape index (κ2) is 8.68. The third kappa shape index (κ3) is 4.48. The molecule has 0 bridgehead atoms. The highest BCUT2D eigenvalue weighted by atomic mass is 16.2. The van der Waals surface area contributed by atoms with Gasteiger partial charge in [0, 0.05) is 11.8 Å². The summed E-state index contributed by atoms with van der Waals surface area (Å²) in [4.78, 5) is 16.9. The zero-order valence-electron chi connectivity index (χ0n) is 17.5. The number of rotatable bonds is 5. The Balaban J connectivity index is 1.19. The minimum Gasteiger partial charge on any atom is -0.267 e. The van der Waals surface area contributed by atoms with Gasteiger partial charge in [0.2, 0.25) is 0 Å². The summed E-state index contributed by atoms with van der Waals surface area (Å²) < 4.78 is 0. The van der Waals surface area contributed by atoms with Crippen molar-refractivity contribution < 1.29 is 4.79 Å². The quantitative estimate of drug-likeness (QED) is 0.460. The van der Waals surface area contributed by atoms with Crippen molar-refractivity contribution >= 4 is 24.0 Å². The van der Waals surface area contributed by atoms with Gasteiger partial charge >= 0.3 is 0 Å². The molecule has 0 aliphatic heterocycles. The van der Waals surface area contributed by atoms with Crippen molar-refractivity contribution in [2.45, 2.75) is 38.5 Å². The van der Waals surface area contributed by atoms with Crippen molar-refractivity contribution in [3.63, 3.8) is 0 Å². The number of aliphatic imine (C=N–C) groups is 1. The predicted octanol–water partition coefficient (Wildman–Crippen LogP) is 5.18. The highest BCUT2D eigenvalue weighted by Crippen LogP contribution is 2.23. The van der Waals surface area contributed by atoms with E-state index in [4.69, 9.17) is 0 Å². The van der Waals surface area contributed by atoms with Gasteiger partial charge in [-0.15, -0.1) is 0 Å². The van der Waals surface area contributed by atoms with Crippen LogP contribution in [0.15, 0.2) is 70.8 Å². The minimum atomic E-state index is -0.230. The standard InChI is InChI=1S/C27H25N3O/c31-27(30-29-18-20-8-10-22-4-2-6-25(22)16-20)23-11-13-26(14-12-23)28-17-19-7-9-21-3-1-5-24(21)15-19/h7-18H,1-6H2,(H,30,31)/b28-17?,29-18+. The SMILES string of the molecule is O=C(N/N=C/c1ccc2c(c1)CCC2)c1ccc(N=Cc2ccc3c(c2)CCC3)cc1. The number of nitrogens with one attached hydrogen (secondary N) is 1. The average molecular weight is 408 g/mol. The van der Waals surface area contributed by atoms with Crippen molar-refractivity contribution in [3.8, 4) is 0 Å². The number of benzene rings is 3. The van der Waals surface area contributed by atoms with Gasteiger partial charge in [0.25, 0.3) is 5.91 Å². The Morgan fingerprint density at radius 1 is 0.710 bits per heavy atom. The molecule has 4 nitrogen and oxygen atoms in total. The Morgan fingerprint density at radius 3 is 1.94 bits per heavy atom. The molecule has 3 aromatic carbocycles. The molecule has 3 aromatic rings. The lowest BCUT2D eigenvalue weighted by molar-refractivity contribution is 0.0955. The maximum atomic E-state index is 12.4. The molecule has 0 saturated heterocycles. The predicted molar refractivity (Wildman–Crippen MR) is 126 cm³/mol. The summed E-state index contributed by atoms with van der Waals surface area (Å²) in [6, 6.07) is 20.2. The van der Waals surface area contributed by atoms with Gasteiger partial charge in [-0.3, -0.25) is 9.79 Å². The van der Waals surface area contributed by atoms with Gasteiger partial charge in [0.1, 0.15) is 0 Å². The number of hydrazone groups is 1. The molecule has 1 N–H and O–H groups in total. The summed E-state index contributed by atoms with van der Waals surface area (Å²) in [6.07, 6.45) is 10.7. The largest absolute Gasteiger partial charge is 0.271 e. The lowest BCUT2D eigenvalue weighted by Crippen LogP contribution is -2.17. The Labute approximate surface area is 182 Å². The third-order valence-electron chi connectivity index (χ3n) is 6.12. The molecular formula is C27H25N3O. The summed E-state index contributed by atoms with van der Waals surface area (Å²) in [5.41, 5.74) is 11.8. The molecular weight excluding hydrogens is 382 g/mol. The van der Waals surface area contributed by atoms with E-state index in [2.05, 4.69) is 45.9 Å². The molecule has 0 heterocycles. The van der Waals surface area contributed by atoms with Gasteiger partial charge in [0.05, 0.1) is 11.9 Å². The van der Waals surface area contributed by atoms with Gasteiger partial charge in [-0.1, -0.05) is 24.3 Å². The summed E-state index contributed by atoms with van der Waals surface area (Å²) in [5.74, 6) is -0.230. The first-order valence-corrected chi connectivity index (χ1v) is 11.0. The molecule has 2 aliphatic rings. The van der Waals surface area contributed by atoms with E-state index in [-0.39, 0.29) is 5.91 Å². The van der Waals surface area contributed by atoms with Crippen LogP contribution in [0.5, 0.6) is 0 Å². The maximum absolute atomic E-state index is 12.4. The number of aryl methyl sites for hydroxylation is 4. The van der Waals surface area contributed by atoms with Crippen LogP contribution in [0, 0.1) is 0 Å². The monoisotopic (exact) mass is 407 g/mol. The molecule has 1 amide bonds. The Morgan fingerprint density at radius 2 is 1.29 bits per heavy atom. The number of carbonyl (C=O) groups is 1. The maximum Gasteiger partial charge on any atom is 0.271 e. The number of carbonyl (C=O) groups excluding carboxylic acids is 1. The smallest absolute Gasteiger partial charge is 0.267 e. The summed E-state index contributed by atoms with van der Waals surface area (Å²) >= 11 is 0. The molecule has 2 aliphatic carbocycles. The number of hydrogen-bond donors (Lipinski definition) is 1. The van der Waals surface area contributed by atoms with Crippen LogP contribution in [0.1, 0.15) is 56.6 Å². The fraction of sp³-hybridized carbons (Fsp3) is 0.222. The van der Waals surface area contributed by atoms with E-state index >= 15 is 0 Å². The van der Waals surface area contributed by atoms with Gasteiger partial charge in [-0.2, -0.15) is 5.10 Å². The third-order valence-corrected chi connectivity index (χ3v) is 6.12. The molecule has 0 saturated carbocycles. The fourth-order valence-electron chi connectivity index (χ4n) is 4.42. The van der Waals surface area contributed by atoms with E-state index in [0.717, 1.165) is 36.1 Å². The Bertz CT molecular complexity index is 1180. The van der Waals surface area contributed by atoms with Crippen LogP contribution in [0.3, 0.4) is 0 Å². The molecule has 0 radical (unpaired) electrons. The van der Waals surface area contributed by atoms with Crippen LogP contribution < -0.4 is 5.43 Å². The zero-order valence-corrected chi connectivity index (χ0v) is 17.5. The highest BCUT2D eigenvalue weighted by molar-refractivity contribution is 5.95. The Hall–Kier alpha value is -3.53. The lowest BCUT2D eigenvalue weighted by atomic mass is 10.1. The molecule has 0 fully saturated rings. The van der Waals surface area contributed by atoms with Crippen molar-refractivity contribution in [2.24, 2.45) is 10.1 Å². The Kier molecular flexibility index (Phi) is 5.44. The van der Waals surface area contributed by atoms with E-state index in [9.17, 15) is 4.79 Å². The van der Waals surface area contributed by atoms with Crippen molar-refractivity contribution in [2.75, 3.05) is 0 Å². The topological polar surface area (TPSA) is 53.8 Å². The number of nitrogens with zero attached hydrogens (tertiary/aromatic N) is 2. The van der Waals surface area contributed by atoms with E-state index in [1.807, 2.05) is 24.4 Å². The first kappa shape index (κ1) is 19.4. The minimum absolute atomic E-state index is 0.230. The molecule has 0 spiro atoms. The van der Waals surface area contributed by atoms with Crippen molar-refractivity contribution in [1.29, 1.82) is 0 Å². The summed E-state index contributed by atoms with van der Waals surface area (Å²) in [7, 11) is 0. The molecule has 31 heavy (non-hydrogen) atoms. The zero-order chi connectivity index (χ0) is 21.0. The van der Waals surface area contributed by atoms with E-state index in [1.165, 1.54) is 41.5 Å². The summed E-state index contributed by atoms with van der Waals surface area (Å²) in [6.45, 7) is 0. The molecule has 4 heteroatoms. The van der Waals surface area contributed by atoms with E-state index < -0.39 is 0 Å². The molecule has 5 rings (SSSR count). The first-order valence-electron chi connectivity index (χ1n) is 11.0. The molecule has 0 unspecified atom stereocenters. The normalized spacial score (nSPS) is 14.8. The lowest BCUT2D eigenvalue weighted by Gasteiger charge is -2.02. The second-order valence-electron chi connectivity index (χ2n) is 8.27. The van der Waals surface area contributed by atoms with Crippen molar-refractivity contribution in [1.82, 2.24) is 5.43 Å². The van der Waals surface area contributed by atoms with Gasteiger partial charge < -0.3 is 0 Å². The second-order valence-corrected chi connectivity index (χ2v) is 8.27. The van der Waals surface area contributed by atoms with Crippen molar-refractivity contribution in [3.05, 3.63) is 99.6 Å². The summed E-state index contributed by atoms with van der Waals surface area (Å²) in [5, 5.41) is 4.12. The molecule has 0 aromatic heterocycles. The van der Waals surface area contributed by atoms with Gasteiger partial charge in [-0.25, -0.2) is 5.43 Å². The fourth-order valence-corrected chi connectivity index (χ4v) is 4.42. The molecule has 0 atom stereocenters. The van der Waals surface area contributed by atoms with E-state index in [0.29, 0.717) is 5.56 Å². The average Bonchev–Trinajstić information content (AvgIpc) is 3.46. The highest BCUT2D eigenvalue weighted by Gasteiger charge is 2.11. The van der Waals surface area contributed by atoms with Crippen LogP contribution in [0.4, 0.5) is 5.69 Å².